The summed E-state index contributed by atoms with van der Waals surface area (Å²) in [5.41, 5.74) is 0.194. The van der Waals surface area contributed by atoms with Gasteiger partial charge in [-0.25, -0.2) is 4.79 Å². The highest BCUT2D eigenvalue weighted by molar-refractivity contribution is 6.10. The fourth-order valence-corrected chi connectivity index (χ4v) is 1.70. The number of halogens is 2. The number of carbonyl (C=O) groups is 2. The monoisotopic (exact) mass is 308 g/mol. The Labute approximate surface area is 123 Å². The average Bonchev–Trinajstić information content (AvgIpc) is 2.47. The molecule has 0 fully saturated rings. The van der Waals surface area contributed by atoms with Gasteiger partial charge in [0.15, 0.2) is 5.78 Å². The van der Waals surface area contributed by atoms with E-state index in [4.69, 9.17) is 5.11 Å². The predicted molar refractivity (Wildman–Crippen MR) is 71.2 cm³/mol. The second-order valence-electron chi connectivity index (χ2n) is 4.30. The number of hydrogen-bond donors (Lipinski definition) is 2. The second-order valence-corrected chi connectivity index (χ2v) is 4.30. The van der Waals surface area contributed by atoms with Crippen LogP contribution in [0.25, 0.3) is 0 Å². The number of hydrogen-bond acceptors (Lipinski definition) is 4. The summed E-state index contributed by atoms with van der Waals surface area (Å²) in [4.78, 5) is 22.4. The van der Waals surface area contributed by atoms with Gasteiger partial charge in [-0.15, -0.1) is 0 Å². The predicted octanol–water partition coefficient (Wildman–Crippen LogP) is 2.68. The van der Waals surface area contributed by atoms with Crippen LogP contribution in [0.5, 0.6) is 11.5 Å². The summed E-state index contributed by atoms with van der Waals surface area (Å²) in [6.45, 7) is 0. The van der Waals surface area contributed by atoms with Crippen molar-refractivity contribution in [2.75, 3.05) is 0 Å². The lowest BCUT2D eigenvalue weighted by molar-refractivity contribution is -0.210. The SMILES string of the molecule is O=C(c1ccccc1)c1ccc(OC(F)(F)C(=O)O)cc1O. The molecule has 0 spiro atoms. The summed E-state index contributed by atoms with van der Waals surface area (Å²) >= 11 is 0. The van der Waals surface area contributed by atoms with Crippen LogP contribution in [0.15, 0.2) is 48.5 Å². The van der Waals surface area contributed by atoms with Gasteiger partial charge < -0.3 is 14.9 Å². The first kappa shape index (κ1) is 15.4. The van der Waals surface area contributed by atoms with E-state index >= 15 is 0 Å². The Kier molecular flexibility index (Phi) is 4.07. The molecule has 0 aromatic heterocycles. The van der Waals surface area contributed by atoms with E-state index in [0.717, 1.165) is 18.2 Å². The van der Waals surface area contributed by atoms with Gasteiger partial charge in [0.25, 0.3) is 0 Å². The van der Waals surface area contributed by atoms with E-state index in [-0.39, 0.29) is 5.56 Å². The molecule has 0 aliphatic rings. The van der Waals surface area contributed by atoms with E-state index in [0.29, 0.717) is 5.56 Å². The van der Waals surface area contributed by atoms with Crippen LogP contribution in [-0.2, 0) is 4.79 Å². The van der Waals surface area contributed by atoms with Gasteiger partial charge in [0.2, 0.25) is 0 Å². The van der Waals surface area contributed by atoms with Gasteiger partial charge in [-0.2, -0.15) is 8.78 Å². The highest BCUT2D eigenvalue weighted by Gasteiger charge is 2.42. The number of alkyl halides is 2. The smallest absolute Gasteiger partial charge is 0.501 e. The van der Waals surface area contributed by atoms with Crippen molar-refractivity contribution in [3.63, 3.8) is 0 Å². The Bertz CT molecular complexity index is 713. The number of phenolic OH excluding ortho intramolecular Hbond substituents is 1. The Balaban J connectivity index is 2.27. The topological polar surface area (TPSA) is 83.8 Å². The third kappa shape index (κ3) is 3.20. The van der Waals surface area contributed by atoms with Crippen molar-refractivity contribution in [2.45, 2.75) is 6.11 Å². The van der Waals surface area contributed by atoms with Crippen molar-refractivity contribution < 1.29 is 33.3 Å². The van der Waals surface area contributed by atoms with Gasteiger partial charge in [0.1, 0.15) is 11.5 Å². The maximum atomic E-state index is 12.9. The number of rotatable bonds is 5. The Hall–Kier alpha value is -2.96. The van der Waals surface area contributed by atoms with Gasteiger partial charge in [-0.3, -0.25) is 4.79 Å². The highest BCUT2D eigenvalue weighted by Crippen LogP contribution is 2.29. The Morgan fingerprint density at radius 3 is 2.23 bits per heavy atom. The van der Waals surface area contributed by atoms with Gasteiger partial charge in [0.05, 0.1) is 5.56 Å². The van der Waals surface area contributed by atoms with Gasteiger partial charge in [0, 0.05) is 11.6 Å². The van der Waals surface area contributed by atoms with Crippen molar-refractivity contribution in [2.24, 2.45) is 0 Å². The summed E-state index contributed by atoms with van der Waals surface area (Å²) in [5.74, 6) is -4.13. The molecule has 2 aromatic rings. The number of ether oxygens (including phenoxy) is 1. The minimum absolute atomic E-state index is 0.114. The largest absolute Gasteiger partial charge is 0.507 e. The normalized spacial score (nSPS) is 11.0. The maximum absolute atomic E-state index is 12.9. The molecule has 7 heteroatoms. The van der Waals surface area contributed by atoms with Crippen molar-refractivity contribution in [1.29, 1.82) is 0 Å². The lowest BCUT2D eigenvalue weighted by Gasteiger charge is -2.14. The molecule has 2 aromatic carbocycles. The zero-order chi connectivity index (χ0) is 16.3. The highest BCUT2D eigenvalue weighted by atomic mass is 19.3. The molecule has 0 heterocycles. The standard InChI is InChI=1S/C15H10F2O5/c16-15(17,14(20)21)22-10-6-7-11(12(18)8-10)13(19)9-4-2-1-3-5-9/h1-8,18H,(H,20,21). The van der Waals surface area contributed by atoms with Crippen LogP contribution in [0.3, 0.4) is 0 Å². The summed E-state index contributed by atoms with van der Waals surface area (Å²) in [6, 6.07) is 10.9. The molecule has 0 atom stereocenters. The first-order valence-electron chi connectivity index (χ1n) is 6.04. The lowest BCUT2D eigenvalue weighted by atomic mass is 10.0. The molecule has 5 nitrogen and oxygen atoms in total. The third-order valence-corrected chi connectivity index (χ3v) is 2.74. The summed E-state index contributed by atoms with van der Waals surface area (Å²) in [7, 11) is 0. The molecule has 2 N–H and O–H groups in total. The van der Waals surface area contributed by atoms with E-state index in [9.17, 15) is 23.5 Å². The lowest BCUT2D eigenvalue weighted by Crippen LogP contribution is -2.34. The minimum Gasteiger partial charge on any atom is -0.507 e. The molecule has 0 aliphatic carbocycles. The van der Waals surface area contributed by atoms with Crippen molar-refractivity contribution in [1.82, 2.24) is 0 Å². The number of benzene rings is 2. The number of aliphatic carboxylic acids is 1. The van der Waals surface area contributed by atoms with Crippen molar-refractivity contribution >= 4 is 11.8 Å². The van der Waals surface area contributed by atoms with E-state index in [2.05, 4.69) is 4.74 Å². The van der Waals surface area contributed by atoms with Crippen molar-refractivity contribution in [3.05, 3.63) is 59.7 Å². The van der Waals surface area contributed by atoms with Gasteiger partial charge in [-0.05, 0) is 12.1 Å². The van der Waals surface area contributed by atoms with E-state index < -0.39 is 29.4 Å². The Morgan fingerprint density at radius 1 is 1.05 bits per heavy atom. The van der Waals surface area contributed by atoms with Crippen LogP contribution >= 0.6 is 0 Å². The van der Waals surface area contributed by atoms with E-state index in [1.54, 1.807) is 18.2 Å². The van der Waals surface area contributed by atoms with Crippen molar-refractivity contribution in [3.8, 4) is 11.5 Å². The zero-order valence-corrected chi connectivity index (χ0v) is 11.0. The van der Waals surface area contributed by atoms with Crippen LogP contribution < -0.4 is 4.74 Å². The van der Waals surface area contributed by atoms with Gasteiger partial charge >= 0.3 is 12.1 Å². The molecule has 0 amide bonds. The summed E-state index contributed by atoms with van der Waals surface area (Å²) in [6.07, 6.45) is -4.43. The quantitative estimate of drug-likeness (QED) is 0.830. The van der Waals surface area contributed by atoms with E-state index in [1.165, 1.54) is 12.1 Å². The third-order valence-electron chi connectivity index (χ3n) is 2.74. The van der Waals surface area contributed by atoms with Crippen LogP contribution in [-0.4, -0.2) is 28.1 Å². The van der Waals surface area contributed by atoms with Crippen LogP contribution in [0.2, 0.25) is 0 Å². The fourth-order valence-electron chi connectivity index (χ4n) is 1.70. The number of carboxylic acid groups (broad SMARTS) is 1. The first-order valence-corrected chi connectivity index (χ1v) is 6.04. The molecule has 0 bridgehead atoms. The molecule has 0 saturated carbocycles. The van der Waals surface area contributed by atoms with Crippen LogP contribution in [0.1, 0.15) is 15.9 Å². The zero-order valence-electron chi connectivity index (χ0n) is 11.0. The number of carbonyl (C=O) groups excluding carboxylic acids is 1. The second kappa shape index (κ2) is 5.80. The number of ketones is 1. The molecular formula is C15H10F2O5. The maximum Gasteiger partial charge on any atom is 0.501 e. The Morgan fingerprint density at radius 2 is 1.68 bits per heavy atom. The number of phenols is 1. The molecule has 0 radical (unpaired) electrons. The van der Waals surface area contributed by atoms with Crippen LogP contribution in [0.4, 0.5) is 8.78 Å². The molecule has 114 valence electrons. The molecule has 2 rings (SSSR count). The summed E-state index contributed by atoms with van der Waals surface area (Å²) in [5, 5.41) is 18.0. The van der Waals surface area contributed by atoms with E-state index in [1.807, 2.05) is 0 Å². The van der Waals surface area contributed by atoms with Crippen LogP contribution in [0, 0.1) is 0 Å². The fraction of sp³-hybridized carbons (Fsp3) is 0.0667. The molecular weight excluding hydrogens is 298 g/mol. The molecule has 0 saturated heterocycles. The minimum atomic E-state index is -4.43. The molecule has 22 heavy (non-hydrogen) atoms. The average molecular weight is 308 g/mol. The molecule has 0 unspecified atom stereocenters. The summed E-state index contributed by atoms with van der Waals surface area (Å²) < 4.78 is 29.8. The number of carboxylic acids is 1. The number of aromatic hydroxyl groups is 1. The van der Waals surface area contributed by atoms with Gasteiger partial charge in [-0.1, -0.05) is 30.3 Å². The molecule has 0 aliphatic heterocycles. The first-order chi connectivity index (χ1) is 10.3.